The smallest absolute Gasteiger partial charge is 0.227 e. The molecule has 13 nitrogen and oxygen atoms in total. The molecule has 330 valence electrons. The number of hydrogen-bond acceptors (Lipinski definition) is 11. The van der Waals surface area contributed by atoms with Gasteiger partial charge >= 0.3 is 0 Å². The molecule has 0 radical (unpaired) electrons. The molecule has 0 saturated carbocycles. The summed E-state index contributed by atoms with van der Waals surface area (Å²) in [6.07, 6.45) is -5.16. The molecule has 4 unspecified atom stereocenters. The van der Waals surface area contributed by atoms with Crippen molar-refractivity contribution in [2.24, 2.45) is 17.8 Å². The molecule has 3 aliphatic rings. The molecule has 4 N–H and O–H groups in total. The predicted molar refractivity (Wildman–Crippen MR) is 224 cm³/mol. The highest BCUT2D eigenvalue weighted by molar-refractivity contribution is 5.80. The van der Waals surface area contributed by atoms with Crippen molar-refractivity contribution in [1.29, 1.82) is 0 Å². The van der Waals surface area contributed by atoms with E-state index in [1.54, 1.807) is 27.7 Å². The molecule has 2 amide bonds. The van der Waals surface area contributed by atoms with Crippen molar-refractivity contribution >= 4 is 11.8 Å². The number of aliphatic hydroxyl groups excluding tert-OH is 2. The van der Waals surface area contributed by atoms with Crippen molar-refractivity contribution in [2.75, 3.05) is 34.3 Å². The van der Waals surface area contributed by atoms with Gasteiger partial charge in [-0.25, -0.2) is 0 Å². The molecule has 0 bridgehead atoms. The van der Waals surface area contributed by atoms with E-state index in [-0.39, 0.29) is 55.7 Å². The molecule has 0 aromatic heterocycles. The Morgan fingerprint density at radius 2 is 1.54 bits per heavy atom. The van der Waals surface area contributed by atoms with Crippen LogP contribution in [0.2, 0.25) is 0 Å². The van der Waals surface area contributed by atoms with Crippen LogP contribution in [0.5, 0.6) is 0 Å². The fourth-order valence-electron chi connectivity index (χ4n) is 9.51. The highest BCUT2D eigenvalue weighted by Gasteiger charge is 2.51. The number of amides is 2. The zero-order valence-electron chi connectivity index (χ0n) is 36.8. The molecule has 0 spiro atoms. The fourth-order valence-corrected chi connectivity index (χ4v) is 9.51. The molecule has 3 fully saturated rings. The maximum atomic E-state index is 14.7. The summed E-state index contributed by atoms with van der Waals surface area (Å²) < 4.78 is 32.0. The largest absolute Gasteiger partial charge is 0.387 e. The number of aliphatic hydroxyl groups is 3. The number of methoxy groups -OCH3 is 1. The van der Waals surface area contributed by atoms with Gasteiger partial charge in [-0.3, -0.25) is 9.59 Å². The van der Waals surface area contributed by atoms with Crippen molar-refractivity contribution < 1.29 is 48.6 Å². The molecule has 3 heterocycles. The quantitative estimate of drug-likeness (QED) is 0.275. The van der Waals surface area contributed by atoms with Gasteiger partial charge in [0.2, 0.25) is 11.8 Å². The summed E-state index contributed by atoms with van der Waals surface area (Å²) in [6.45, 7) is 13.4. The molecule has 59 heavy (non-hydrogen) atoms. The van der Waals surface area contributed by atoms with Gasteiger partial charge < -0.3 is 54.1 Å². The van der Waals surface area contributed by atoms with Crippen LogP contribution in [-0.4, -0.2) is 144 Å². The molecule has 2 aromatic rings. The van der Waals surface area contributed by atoms with Crippen molar-refractivity contribution in [3.63, 3.8) is 0 Å². The summed E-state index contributed by atoms with van der Waals surface area (Å²) >= 11 is 0. The number of nitrogens with zero attached hydrogens (tertiary/aromatic N) is 2. The van der Waals surface area contributed by atoms with E-state index < -0.39 is 72.2 Å². The van der Waals surface area contributed by atoms with E-state index in [1.165, 1.54) is 7.11 Å². The van der Waals surface area contributed by atoms with Crippen LogP contribution in [0.15, 0.2) is 60.7 Å². The third-order valence-electron chi connectivity index (χ3n) is 12.8. The van der Waals surface area contributed by atoms with Crippen molar-refractivity contribution in [2.45, 2.75) is 153 Å². The lowest BCUT2D eigenvalue weighted by Gasteiger charge is -2.48. The SMILES string of the molecule is CO[C@]1(C)CC(O[C@H]2C(C)[C@@H](OC3O[C@H](C)C[C@H](N(C)C)[C@H]3O)[C@](C)(O)C[C@@H](C)CN(C(=O)Cc3ccccc3)CC(Cc3ccccc3)NC(=O)[C@@H]2C)O[C@@H](C)[C@@H]1O. The first-order valence-corrected chi connectivity index (χ1v) is 21.4. The average molecular weight is 826 g/mol. The van der Waals surface area contributed by atoms with Crippen molar-refractivity contribution in [3.05, 3.63) is 71.8 Å². The van der Waals surface area contributed by atoms with Gasteiger partial charge in [0.15, 0.2) is 12.6 Å². The van der Waals surface area contributed by atoms with E-state index in [2.05, 4.69) is 5.32 Å². The van der Waals surface area contributed by atoms with Crippen molar-refractivity contribution in [1.82, 2.24) is 15.1 Å². The van der Waals surface area contributed by atoms with E-state index in [0.29, 0.717) is 19.4 Å². The van der Waals surface area contributed by atoms with Gasteiger partial charge in [-0.1, -0.05) is 81.4 Å². The predicted octanol–water partition coefficient (Wildman–Crippen LogP) is 3.95. The Labute approximate surface area is 351 Å². The molecule has 3 saturated heterocycles. The molecular weight excluding hydrogens is 755 g/mol. The summed E-state index contributed by atoms with van der Waals surface area (Å²) in [7, 11) is 5.34. The van der Waals surface area contributed by atoms with Crippen LogP contribution in [0.1, 0.15) is 78.9 Å². The second kappa shape index (κ2) is 20.3. The van der Waals surface area contributed by atoms with E-state index in [1.807, 2.05) is 105 Å². The normalized spacial score (nSPS) is 39.1. The van der Waals surface area contributed by atoms with Crippen LogP contribution in [0, 0.1) is 17.8 Å². The fraction of sp³-hybridized carbons (Fsp3) is 0.696. The maximum Gasteiger partial charge on any atom is 0.227 e. The molecule has 13 heteroatoms. The number of carbonyl (C=O) groups is 2. The summed E-state index contributed by atoms with van der Waals surface area (Å²) in [4.78, 5) is 32.7. The summed E-state index contributed by atoms with van der Waals surface area (Å²) in [5.41, 5.74) is -0.677. The van der Waals surface area contributed by atoms with Crippen LogP contribution < -0.4 is 5.32 Å². The Morgan fingerprint density at radius 3 is 2.15 bits per heavy atom. The lowest BCUT2D eigenvalue weighted by molar-refractivity contribution is -0.317. The third kappa shape index (κ3) is 11.9. The summed E-state index contributed by atoms with van der Waals surface area (Å²) in [5, 5.41) is 38.7. The summed E-state index contributed by atoms with van der Waals surface area (Å²) in [6, 6.07) is 18.7. The number of likely N-dealkylation sites (N-methyl/N-ethyl adjacent to an activating group) is 1. The van der Waals surface area contributed by atoms with E-state index in [4.69, 9.17) is 23.7 Å². The van der Waals surface area contributed by atoms with Crippen LogP contribution >= 0.6 is 0 Å². The van der Waals surface area contributed by atoms with Gasteiger partial charge in [-0.05, 0) is 78.1 Å². The standard InChI is InChI=1S/C46H71N3O10/c1-28-24-45(6,54)42(59-44-39(51)36(48(8)9)21-29(2)56-44)30(3)40(58-38-25-46(7,55-10)41(52)32(5)57-38)31(4)43(53)47-35(22-33-17-13-11-14-18-33)27-49(26-28)37(50)23-34-19-15-12-16-20-34/h11-20,28-32,35-36,38-42,44,51-52,54H,21-27H2,1-10H3,(H,47,53)/t28-,29-,30?,31-,32+,35?,36+,38?,39-,40+,41+,42-,44?,45-,46-/m1/s1. The second-order valence-corrected chi connectivity index (χ2v) is 18.3. The first-order chi connectivity index (χ1) is 27.8. The Bertz CT molecular complexity index is 1630. The Morgan fingerprint density at radius 1 is 0.915 bits per heavy atom. The molecule has 15 atom stereocenters. The van der Waals surface area contributed by atoms with Crippen LogP contribution in [-0.2, 0) is 46.1 Å². The average Bonchev–Trinajstić information content (AvgIpc) is 3.18. The monoisotopic (exact) mass is 826 g/mol. The third-order valence-corrected chi connectivity index (χ3v) is 12.8. The topological polar surface area (TPSA) is 159 Å². The van der Waals surface area contributed by atoms with Gasteiger partial charge in [0.1, 0.15) is 12.2 Å². The minimum Gasteiger partial charge on any atom is -0.387 e. The van der Waals surface area contributed by atoms with E-state index in [0.717, 1.165) is 11.1 Å². The highest BCUT2D eigenvalue weighted by atomic mass is 16.7. The first kappa shape index (κ1) is 47.1. The van der Waals surface area contributed by atoms with Crippen molar-refractivity contribution in [3.8, 4) is 0 Å². The van der Waals surface area contributed by atoms with Gasteiger partial charge in [-0.15, -0.1) is 0 Å². The molecule has 5 rings (SSSR count). The molecular formula is C46H71N3O10. The lowest BCUT2D eigenvalue weighted by atomic mass is 9.77. The highest BCUT2D eigenvalue weighted by Crippen LogP contribution is 2.39. The van der Waals surface area contributed by atoms with Gasteiger partial charge in [0, 0.05) is 38.6 Å². The number of rotatable bonds is 10. The Kier molecular flexibility index (Phi) is 16.2. The number of ether oxygens (including phenoxy) is 5. The number of benzene rings is 2. The number of hydrogen-bond donors (Lipinski definition) is 4. The summed E-state index contributed by atoms with van der Waals surface area (Å²) in [5.74, 6) is -2.15. The lowest BCUT2D eigenvalue weighted by Crippen LogP contribution is -2.60. The zero-order chi connectivity index (χ0) is 43.2. The Balaban J connectivity index is 1.57. The minimum absolute atomic E-state index is 0.0882. The van der Waals surface area contributed by atoms with Crippen LogP contribution in [0.25, 0.3) is 0 Å². The molecule has 2 aromatic carbocycles. The Hall–Kier alpha value is -2.98. The maximum absolute atomic E-state index is 14.7. The van der Waals surface area contributed by atoms with Crippen LogP contribution in [0.4, 0.5) is 0 Å². The van der Waals surface area contributed by atoms with E-state index in [9.17, 15) is 24.9 Å². The molecule has 3 aliphatic heterocycles. The second-order valence-electron chi connectivity index (χ2n) is 18.3. The molecule has 0 aliphatic carbocycles. The number of carbonyl (C=O) groups excluding carboxylic acids is 2. The number of nitrogens with one attached hydrogen (secondary N) is 1. The van der Waals surface area contributed by atoms with Crippen LogP contribution in [0.3, 0.4) is 0 Å². The minimum atomic E-state index is -1.57. The first-order valence-electron chi connectivity index (χ1n) is 21.4. The van der Waals surface area contributed by atoms with Gasteiger partial charge in [0.25, 0.3) is 0 Å². The van der Waals surface area contributed by atoms with Gasteiger partial charge in [-0.2, -0.15) is 0 Å². The van der Waals surface area contributed by atoms with Gasteiger partial charge in [0.05, 0.1) is 54.0 Å². The zero-order valence-corrected chi connectivity index (χ0v) is 36.8. The van der Waals surface area contributed by atoms with E-state index >= 15 is 0 Å².